The molecule has 31 heavy (non-hydrogen) atoms. The van der Waals surface area contributed by atoms with Crippen molar-refractivity contribution in [1.29, 1.82) is 0 Å². The third kappa shape index (κ3) is 9.76. The molecule has 3 heteroatoms. The summed E-state index contributed by atoms with van der Waals surface area (Å²) in [5.74, 6) is -0.984. The van der Waals surface area contributed by atoms with Crippen molar-refractivity contribution in [3.63, 3.8) is 0 Å². The van der Waals surface area contributed by atoms with E-state index in [1.807, 2.05) is 0 Å². The lowest BCUT2D eigenvalue weighted by Crippen LogP contribution is -2.13. The molecular formula is C28H38F2O. The molecule has 0 aliphatic rings. The molecule has 0 radical (unpaired) electrons. The second-order valence-electron chi connectivity index (χ2n) is 8.65. The molecule has 0 aliphatic heterocycles. The zero-order chi connectivity index (χ0) is 22.3. The van der Waals surface area contributed by atoms with E-state index in [0.29, 0.717) is 5.56 Å². The first-order valence-corrected chi connectivity index (χ1v) is 12.2. The van der Waals surface area contributed by atoms with Crippen molar-refractivity contribution in [1.82, 2.24) is 0 Å². The van der Waals surface area contributed by atoms with Crippen LogP contribution in [0.2, 0.25) is 0 Å². The first kappa shape index (κ1) is 25.2. The Labute approximate surface area is 187 Å². The number of rotatable bonds is 16. The van der Waals surface area contributed by atoms with Gasteiger partial charge in [-0.2, -0.15) is 0 Å². The lowest BCUT2D eigenvalue weighted by Gasteiger charge is -2.17. The van der Waals surface area contributed by atoms with Gasteiger partial charge in [-0.25, -0.2) is 8.78 Å². The zero-order valence-corrected chi connectivity index (χ0v) is 19.1. The molecule has 0 saturated carbocycles. The Hall–Kier alpha value is -2.03. The van der Waals surface area contributed by atoms with Gasteiger partial charge in [0.05, 0.1) is 0 Å². The number of unbranched alkanes of at least 4 members (excludes halogenated alkanes) is 11. The molecular weight excluding hydrogens is 390 g/mol. The standard InChI is InChI=1S/C28H38F2O/c1-2-3-4-5-6-7-8-9-10-11-12-13-14-27(23-15-19-25(29)20-16-23)28(31)24-17-21-26(30)22-18-24/h15-22,27H,2-14H2,1H3. The number of hydrogen-bond acceptors (Lipinski definition) is 1. The molecule has 0 N–H and O–H groups in total. The smallest absolute Gasteiger partial charge is 0.170 e. The zero-order valence-electron chi connectivity index (χ0n) is 19.1. The Kier molecular flexibility index (Phi) is 12.1. The van der Waals surface area contributed by atoms with Crippen LogP contribution in [0.4, 0.5) is 8.78 Å². The molecule has 2 rings (SSSR count). The van der Waals surface area contributed by atoms with Gasteiger partial charge < -0.3 is 0 Å². The Morgan fingerprint density at radius 2 is 1.06 bits per heavy atom. The quantitative estimate of drug-likeness (QED) is 0.192. The van der Waals surface area contributed by atoms with E-state index in [1.165, 1.54) is 101 Å². The largest absolute Gasteiger partial charge is 0.293 e. The van der Waals surface area contributed by atoms with Crippen molar-refractivity contribution in [2.75, 3.05) is 0 Å². The fourth-order valence-electron chi connectivity index (χ4n) is 4.15. The third-order valence-electron chi connectivity index (χ3n) is 6.06. The van der Waals surface area contributed by atoms with Crippen LogP contribution in [0.5, 0.6) is 0 Å². The van der Waals surface area contributed by atoms with Crippen LogP contribution in [0.15, 0.2) is 48.5 Å². The molecule has 1 nitrogen and oxygen atoms in total. The maximum atomic E-state index is 13.3. The van der Waals surface area contributed by atoms with Crippen molar-refractivity contribution in [2.45, 2.75) is 96.3 Å². The van der Waals surface area contributed by atoms with Crippen LogP contribution < -0.4 is 0 Å². The fourth-order valence-corrected chi connectivity index (χ4v) is 4.15. The van der Waals surface area contributed by atoms with E-state index in [4.69, 9.17) is 0 Å². The summed E-state index contributed by atoms with van der Waals surface area (Å²) in [5.41, 5.74) is 1.34. The molecule has 2 aromatic carbocycles. The molecule has 170 valence electrons. The SMILES string of the molecule is CCCCCCCCCCCCCCC(C(=O)c1ccc(F)cc1)c1ccc(F)cc1. The molecule has 0 bridgehead atoms. The topological polar surface area (TPSA) is 17.1 Å². The van der Waals surface area contributed by atoms with Gasteiger partial charge in [0.2, 0.25) is 0 Å². The van der Waals surface area contributed by atoms with Gasteiger partial charge in [-0.15, -0.1) is 0 Å². The number of carbonyl (C=O) groups is 1. The maximum Gasteiger partial charge on any atom is 0.170 e. The molecule has 2 aromatic rings. The van der Waals surface area contributed by atoms with Gasteiger partial charge >= 0.3 is 0 Å². The highest BCUT2D eigenvalue weighted by Gasteiger charge is 2.22. The fraction of sp³-hybridized carbons (Fsp3) is 0.536. The van der Waals surface area contributed by atoms with Gasteiger partial charge in [-0.1, -0.05) is 96.1 Å². The first-order valence-electron chi connectivity index (χ1n) is 12.2. The number of ketones is 1. The van der Waals surface area contributed by atoms with Crippen LogP contribution in [0, 0.1) is 11.6 Å². The predicted octanol–water partition coefficient (Wildman–Crippen LogP) is 9.02. The predicted molar refractivity (Wildman–Crippen MR) is 126 cm³/mol. The first-order chi connectivity index (χ1) is 15.1. The normalized spacial score (nSPS) is 12.1. The summed E-state index contributed by atoms with van der Waals surface area (Å²) in [5, 5.41) is 0. The van der Waals surface area contributed by atoms with Gasteiger partial charge in [0.15, 0.2) is 5.78 Å². The number of hydrogen-bond donors (Lipinski definition) is 0. The second kappa shape index (κ2) is 14.9. The van der Waals surface area contributed by atoms with Crippen molar-refractivity contribution in [3.8, 4) is 0 Å². The number of Topliss-reactive ketones (excluding diaryl/α,β-unsaturated/α-hetero) is 1. The Morgan fingerprint density at radius 3 is 1.55 bits per heavy atom. The highest BCUT2D eigenvalue weighted by atomic mass is 19.1. The summed E-state index contributed by atoms with van der Waals surface area (Å²) < 4.78 is 26.6. The van der Waals surface area contributed by atoms with E-state index in [1.54, 1.807) is 12.1 Å². The van der Waals surface area contributed by atoms with Crippen molar-refractivity contribution < 1.29 is 13.6 Å². The van der Waals surface area contributed by atoms with E-state index < -0.39 is 0 Å². The van der Waals surface area contributed by atoms with Crippen LogP contribution in [0.3, 0.4) is 0 Å². The highest BCUT2D eigenvalue weighted by Crippen LogP contribution is 2.27. The molecule has 1 atom stereocenters. The van der Waals surface area contributed by atoms with Gasteiger partial charge in [-0.05, 0) is 48.4 Å². The summed E-state index contributed by atoms with van der Waals surface area (Å²) in [7, 11) is 0. The molecule has 0 aliphatic carbocycles. The lowest BCUT2D eigenvalue weighted by molar-refractivity contribution is 0.0953. The summed E-state index contributed by atoms with van der Waals surface area (Å²) in [4.78, 5) is 13.1. The van der Waals surface area contributed by atoms with E-state index in [-0.39, 0.29) is 23.3 Å². The van der Waals surface area contributed by atoms with Crippen LogP contribution >= 0.6 is 0 Å². The second-order valence-corrected chi connectivity index (χ2v) is 8.65. The summed E-state index contributed by atoms with van der Waals surface area (Å²) >= 11 is 0. The maximum absolute atomic E-state index is 13.3. The van der Waals surface area contributed by atoms with Gasteiger partial charge in [0, 0.05) is 11.5 Å². The average molecular weight is 429 g/mol. The Balaban J connectivity index is 1.74. The molecule has 0 amide bonds. The number of benzene rings is 2. The minimum absolute atomic E-state index is 0.0188. The summed E-state index contributed by atoms with van der Waals surface area (Å²) in [6.45, 7) is 2.25. The average Bonchev–Trinajstić information content (AvgIpc) is 2.78. The minimum atomic E-state index is -0.351. The molecule has 0 aromatic heterocycles. The van der Waals surface area contributed by atoms with E-state index in [0.717, 1.165) is 24.8 Å². The van der Waals surface area contributed by atoms with Crippen LogP contribution in [0.25, 0.3) is 0 Å². The Morgan fingerprint density at radius 1 is 0.645 bits per heavy atom. The third-order valence-corrected chi connectivity index (χ3v) is 6.06. The summed E-state index contributed by atoms with van der Waals surface area (Å²) in [6, 6.07) is 11.9. The van der Waals surface area contributed by atoms with Crippen molar-refractivity contribution in [3.05, 3.63) is 71.3 Å². The molecule has 0 heterocycles. The van der Waals surface area contributed by atoms with E-state index in [9.17, 15) is 13.6 Å². The highest BCUT2D eigenvalue weighted by molar-refractivity contribution is 6.00. The molecule has 0 saturated heterocycles. The van der Waals surface area contributed by atoms with Crippen molar-refractivity contribution in [2.24, 2.45) is 0 Å². The molecule has 0 spiro atoms. The minimum Gasteiger partial charge on any atom is -0.293 e. The van der Waals surface area contributed by atoms with Crippen LogP contribution in [0.1, 0.15) is 112 Å². The number of carbonyl (C=O) groups excluding carboxylic acids is 1. The number of halogens is 2. The monoisotopic (exact) mass is 428 g/mol. The Bertz CT molecular complexity index is 737. The molecule has 0 fully saturated rings. The lowest BCUT2D eigenvalue weighted by atomic mass is 9.86. The van der Waals surface area contributed by atoms with Crippen LogP contribution in [-0.4, -0.2) is 5.78 Å². The van der Waals surface area contributed by atoms with E-state index in [2.05, 4.69) is 6.92 Å². The van der Waals surface area contributed by atoms with Crippen LogP contribution in [-0.2, 0) is 0 Å². The van der Waals surface area contributed by atoms with Gasteiger partial charge in [0.1, 0.15) is 11.6 Å². The molecule has 1 unspecified atom stereocenters. The summed E-state index contributed by atoms with van der Waals surface area (Å²) in [6.07, 6.45) is 16.0. The van der Waals surface area contributed by atoms with E-state index >= 15 is 0 Å². The van der Waals surface area contributed by atoms with Gasteiger partial charge in [0.25, 0.3) is 0 Å². The van der Waals surface area contributed by atoms with Crippen molar-refractivity contribution >= 4 is 5.78 Å². The van der Waals surface area contributed by atoms with Gasteiger partial charge in [-0.3, -0.25) is 4.79 Å².